The predicted molar refractivity (Wildman–Crippen MR) is 82.1 cm³/mol. The second-order valence-electron chi connectivity index (χ2n) is 4.75. The lowest BCUT2D eigenvalue weighted by Gasteiger charge is -2.11. The second-order valence-corrected chi connectivity index (χ2v) is 5.86. The van der Waals surface area contributed by atoms with Gasteiger partial charge in [-0.05, 0) is 31.2 Å². The zero-order valence-corrected chi connectivity index (χ0v) is 13.2. The molecule has 0 fully saturated rings. The van der Waals surface area contributed by atoms with Crippen LogP contribution in [-0.4, -0.2) is 32.1 Å². The van der Waals surface area contributed by atoms with Gasteiger partial charge in [0.2, 0.25) is 5.91 Å². The van der Waals surface area contributed by atoms with Gasteiger partial charge in [0.1, 0.15) is 5.00 Å². The van der Waals surface area contributed by atoms with Crippen molar-refractivity contribution in [2.75, 3.05) is 19.5 Å². The topological polar surface area (TPSA) is 81.7 Å². The Balaban J connectivity index is 2.25. The molecule has 1 amide bonds. The molecular formula is C15H17NO5S. The molecule has 2 rings (SSSR count). The maximum Gasteiger partial charge on any atom is 0.341 e. The number of fused-ring (bicyclic) bond motifs is 1. The molecule has 6 nitrogen and oxygen atoms in total. The van der Waals surface area contributed by atoms with Crippen LogP contribution in [0.15, 0.2) is 12.2 Å². The number of ether oxygens (including phenoxy) is 2. The van der Waals surface area contributed by atoms with E-state index >= 15 is 0 Å². The number of carbonyl (C=O) groups excluding carboxylic acids is 3. The van der Waals surface area contributed by atoms with Crippen LogP contribution < -0.4 is 5.32 Å². The number of amides is 1. The van der Waals surface area contributed by atoms with E-state index in [-0.39, 0.29) is 0 Å². The number of thiophene rings is 1. The molecule has 0 spiro atoms. The highest BCUT2D eigenvalue weighted by Crippen LogP contribution is 2.38. The maximum absolute atomic E-state index is 12.0. The van der Waals surface area contributed by atoms with Crippen molar-refractivity contribution in [1.82, 2.24) is 0 Å². The van der Waals surface area contributed by atoms with Crippen LogP contribution in [0.25, 0.3) is 0 Å². The van der Waals surface area contributed by atoms with Gasteiger partial charge in [-0.15, -0.1) is 11.3 Å². The molecule has 0 radical (unpaired) electrons. The minimum absolute atomic E-state index is 0.432. The molecule has 0 saturated heterocycles. The summed E-state index contributed by atoms with van der Waals surface area (Å²) in [5, 5.41) is 3.12. The van der Waals surface area contributed by atoms with E-state index in [1.54, 1.807) is 0 Å². The Labute approximate surface area is 132 Å². The van der Waals surface area contributed by atoms with Crippen molar-refractivity contribution in [1.29, 1.82) is 0 Å². The van der Waals surface area contributed by atoms with Crippen LogP contribution in [-0.2, 0) is 31.9 Å². The fourth-order valence-electron chi connectivity index (χ4n) is 2.34. The van der Waals surface area contributed by atoms with E-state index in [2.05, 4.69) is 10.1 Å². The average Bonchev–Trinajstić information content (AvgIpc) is 2.89. The summed E-state index contributed by atoms with van der Waals surface area (Å²) in [6.45, 7) is 0. The highest BCUT2D eigenvalue weighted by molar-refractivity contribution is 7.17. The molecule has 0 bridgehead atoms. The zero-order valence-electron chi connectivity index (χ0n) is 12.4. The summed E-state index contributed by atoms with van der Waals surface area (Å²) in [6.07, 6.45) is 5.90. The third kappa shape index (κ3) is 3.54. The lowest BCUT2D eigenvalue weighted by Crippen LogP contribution is -2.13. The van der Waals surface area contributed by atoms with Crippen molar-refractivity contribution >= 4 is 34.2 Å². The van der Waals surface area contributed by atoms with E-state index in [0.29, 0.717) is 10.6 Å². The van der Waals surface area contributed by atoms with Gasteiger partial charge in [0.15, 0.2) is 0 Å². The molecule has 1 aliphatic rings. The largest absolute Gasteiger partial charge is 0.466 e. The Morgan fingerprint density at radius 3 is 2.50 bits per heavy atom. The third-order valence-electron chi connectivity index (χ3n) is 3.37. The van der Waals surface area contributed by atoms with E-state index in [0.717, 1.165) is 48.3 Å². The van der Waals surface area contributed by atoms with E-state index in [1.807, 2.05) is 0 Å². The fourth-order valence-corrected chi connectivity index (χ4v) is 3.62. The number of nitrogens with one attached hydrogen (secondary N) is 1. The summed E-state index contributed by atoms with van der Waals surface area (Å²) in [4.78, 5) is 36.0. The Hall–Kier alpha value is -2.15. The van der Waals surface area contributed by atoms with Crippen LogP contribution in [0.1, 0.15) is 33.6 Å². The Morgan fingerprint density at radius 1 is 1.09 bits per heavy atom. The molecule has 0 aromatic carbocycles. The van der Waals surface area contributed by atoms with Crippen molar-refractivity contribution in [3.8, 4) is 0 Å². The van der Waals surface area contributed by atoms with Gasteiger partial charge in [0, 0.05) is 17.0 Å². The molecule has 1 aromatic rings. The molecule has 1 N–H and O–H groups in total. The van der Waals surface area contributed by atoms with Gasteiger partial charge >= 0.3 is 11.9 Å². The van der Waals surface area contributed by atoms with Crippen molar-refractivity contribution in [2.24, 2.45) is 0 Å². The first kappa shape index (κ1) is 16.2. The van der Waals surface area contributed by atoms with Gasteiger partial charge in [0.05, 0.1) is 19.8 Å². The summed E-state index contributed by atoms with van der Waals surface area (Å²) in [5.41, 5.74) is 1.40. The minimum Gasteiger partial charge on any atom is -0.466 e. The second kappa shape index (κ2) is 7.22. The predicted octanol–water partition coefficient (Wildman–Crippen LogP) is 2.08. The normalized spacial score (nSPS) is 13.5. The van der Waals surface area contributed by atoms with E-state index in [1.165, 1.54) is 25.6 Å². The molecule has 0 saturated carbocycles. The van der Waals surface area contributed by atoms with Crippen molar-refractivity contribution < 1.29 is 23.9 Å². The number of carbonyl (C=O) groups is 3. The van der Waals surface area contributed by atoms with Gasteiger partial charge in [-0.25, -0.2) is 9.59 Å². The number of esters is 2. The number of rotatable bonds is 4. The molecule has 7 heteroatoms. The van der Waals surface area contributed by atoms with Crippen LogP contribution in [0.2, 0.25) is 0 Å². The van der Waals surface area contributed by atoms with Gasteiger partial charge in [-0.3, -0.25) is 4.79 Å². The Morgan fingerprint density at radius 2 is 1.82 bits per heavy atom. The third-order valence-corrected chi connectivity index (χ3v) is 4.58. The monoisotopic (exact) mass is 323 g/mol. The Bertz CT molecular complexity index is 632. The summed E-state index contributed by atoms with van der Waals surface area (Å²) >= 11 is 1.39. The minimum atomic E-state index is -0.617. The SMILES string of the molecule is COC(=O)/C=C/C(=O)Nc1sc2c(c1C(=O)OC)CCCC2. The molecule has 1 aliphatic carbocycles. The lowest BCUT2D eigenvalue weighted by molar-refractivity contribution is -0.135. The number of hydrogen-bond acceptors (Lipinski definition) is 6. The first-order valence-electron chi connectivity index (χ1n) is 6.86. The van der Waals surface area contributed by atoms with Crippen LogP contribution >= 0.6 is 11.3 Å². The number of hydrogen-bond donors (Lipinski definition) is 1. The van der Waals surface area contributed by atoms with Gasteiger partial charge in [-0.1, -0.05) is 0 Å². The van der Waals surface area contributed by atoms with Crippen molar-refractivity contribution in [2.45, 2.75) is 25.7 Å². The summed E-state index contributed by atoms with van der Waals surface area (Å²) < 4.78 is 9.24. The van der Waals surface area contributed by atoms with E-state index in [4.69, 9.17) is 4.74 Å². The van der Waals surface area contributed by atoms with Gasteiger partial charge in [-0.2, -0.15) is 0 Å². The fraction of sp³-hybridized carbons (Fsp3) is 0.400. The highest BCUT2D eigenvalue weighted by Gasteiger charge is 2.26. The molecule has 1 heterocycles. The average molecular weight is 323 g/mol. The smallest absolute Gasteiger partial charge is 0.341 e. The quantitative estimate of drug-likeness (QED) is 0.678. The van der Waals surface area contributed by atoms with Crippen LogP contribution in [0.4, 0.5) is 5.00 Å². The molecule has 0 unspecified atom stereocenters. The summed E-state index contributed by atoms with van der Waals surface area (Å²) in [5.74, 6) is -1.56. The molecule has 1 aromatic heterocycles. The molecule has 0 atom stereocenters. The molecule has 0 aliphatic heterocycles. The van der Waals surface area contributed by atoms with Gasteiger partial charge in [0.25, 0.3) is 0 Å². The summed E-state index contributed by atoms with van der Waals surface area (Å²) in [6, 6.07) is 0. The zero-order chi connectivity index (χ0) is 16.1. The van der Waals surface area contributed by atoms with Gasteiger partial charge < -0.3 is 14.8 Å². The van der Waals surface area contributed by atoms with Crippen LogP contribution in [0.5, 0.6) is 0 Å². The molecule has 118 valence electrons. The number of methoxy groups -OCH3 is 2. The maximum atomic E-state index is 12.0. The van der Waals surface area contributed by atoms with E-state index in [9.17, 15) is 14.4 Å². The Kier molecular flexibility index (Phi) is 5.32. The first-order valence-corrected chi connectivity index (χ1v) is 7.68. The lowest BCUT2D eigenvalue weighted by atomic mass is 9.95. The van der Waals surface area contributed by atoms with E-state index < -0.39 is 17.8 Å². The standard InChI is InChI=1S/C15H17NO5S/c1-20-12(18)8-7-11(17)16-14-13(15(19)21-2)9-5-3-4-6-10(9)22-14/h7-8H,3-6H2,1-2H3,(H,16,17)/b8-7+. The molecule has 22 heavy (non-hydrogen) atoms. The first-order chi connectivity index (χ1) is 10.6. The number of anilines is 1. The van der Waals surface area contributed by atoms with Crippen LogP contribution in [0, 0.1) is 0 Å². The van der Waals surface area contributed by atoms with Crippen LogP contribution in [0.3, 0.4) is 0 Å². The van der Waals surface area contributed by atoms with Crippen molar-refractivity contribution in [3.63, 3.8) is 0 Å². The van der Waals surface area contributed by atoms with Crippen molar-refractivity contribution in [3.05, 3.63) is 28.2 Å². The highest BCUT2D eigenvalue weighted by atomic mass is 32.1. The molecular weight excluding hydrogens is 306 g/mol. The number of aryl methyl sites for hydroxylation is 1. The summed E-state index contributed by atoms with van der Waals surface area (Å²) in [7, 11) is 2.55.